The number of hydrogen-bond donors (Lipinski definition) is 1. The minimum Gasteiger partial charge on any atom is -0.383 e. The minimum absolute atomic E-state index is 0.214. The van der Waals surface area contributed by atoms with Crippen molar-refractivity contribution in [3.63, 3.8) is 0 Å². The van der Waals surface area contributed by atoms with Crippen LogP contribution in [0.3, 0.4) is 0 Å². The maximum absolute atomic E-state index is 11.6. The fourth-order valence-electron chi connectivity index (χ4n) is 3.95. The molecular weight excluding hydrogens is 334 g/mol. The first-order valence-corrected chi connectivity index (χ1v) is 9.39. The molecule has 4 nitrogen and oxygen atoms in total. The van der Waals surface area contributed by atoms with Crippen LogP contribution in [0.5, 0.6) is 0 Å². The van der Waals surface area contributed by atoms with E-state index in [9.17, 15) is 5.11 Å². The molecule has 0 spiro atoms. The van der Waals surface area contributed by atoms with Crippen LogP contribution in [0.4, 0.5) is 0 Å². The van der Waals surface area contributed by atoms with Crippen LogP contribution in [0.1, 0.15) is 32.3 Å². The van der Waals surface area contributed by atoms with E-state index in [1.54, 1.807) is 11.0 Å². The smallest absolute Gasteiger partial charge is 0.137 e. The van der Waals surface area contributed by atoms with Crippen molar-refractivity contribution < 1.29 is 5.11 Å². The highest BCUT2D eigenvalue weighted by Crippen LogP contribution is 2.50. The van der Waals surface area contributed by atoms with Crippen LogP contribution in [-0.4, -0.2) is 25.5 Å². The van der Waals surface area contributed by atoms with Gasteiger partial charge in [0, 0.05) is 0 Å². The van der Waals surface area contributed by atoms with Crippen molar-refractivity contribution in [1.82, 2.24) is 14.8 Å². The molecule has 1 unspecified atom stereocenters. The van der Waals surface area contributed by atoms with Gasteiger partial charge < -0.3 is 5.11 Å². The van der Waals surface area contributed by atoms with Gasteiger partial charge in [-0.15, -0.1) is 0 Å². The van der Waals surface area contributed by atoms with E-state index in [0.29, 0.717) is 6.54 Å². The Balaban J connectivity index is 1.64. The van der Waals surface area contributed by atoms with Gasteiger partial charge in [-0.25, -0.2) is 9.67 Å². The summed E-state index contributed by atoms with van der Waals surface area (Å²) in [6, 6.07) is 18.9. The van der Waals surface area contributed by atoms with Gasteiger partial charge in [0.25, 0.3) is 0 Å². The van der Waals surface area contributed by atoms with E-state index >= 15 is 0 Å². The first-order chi connectivity index (χ1) is 13.0. The molecular formula is C23H25N3O. The molecule has 0 radical (unpaired) electrons. The molecule has 3 aromatic rings. The molecule has 0 aliphatic heterocycles. The van der Waals surface area contributed by atoms with E-state index in [4.69, 9.17) is 0 Å². The number of aliphatic hydroxyl groups is 1. The maximum Gasteiger partial charge on any atom is 0.137 e. The highest BCUT2D eigenvalue weighted by Gasteiger charge is 2.51. The van der Waals surface area contributed by atoms with Gasteiger partial charge in [-0.3, -0.25) is 0 Å². The largest absolute Gasteiger partial charge is 0.383 e. The summed E-state index contributed by atoms with van der Waals surface area (Å²) in [5.74, 6) is 0. The van der Waals surface area contributed by atoms with Crippen molar-refractivity contribution in [2.45, 2.75) is 38.8 Å². The number of benzene rings is 2. The van der Waals surface area contributed by atoms with E-state index in [-0.39, 0.29) is 5.41 Å². The molecule has 27 heavy (non-hydrogen) atoms. The number of rotatable bonds is 4. The average molecular weight is 359 g/mol. The predicted octanol–water partition coefficient (Wildman–Crippen LogP) is 4.58. The second-order valence-corrected chi connectivity index (χ2v) is 7.99. The van der Waals surface area contributed by atoms with Gasteiger partial charge in [-0.2, -0.15) is 5.10 Å². The minimum atomic E-state index is -0.932. The standard InChI is InChI=1S/C23H25N3O/c1-22(2)13-12-21(23(22,27)15-26-17-24-16-25-26)14-18-8-10-20(11-9-18)19-6-4-3-5-7-19/h3-11,14,16-17,27H,12-13,15H2,1-2H3. The molecule has 0 bridgehead atoms. The summed E-state index contributed by atoms with van der Waals surface area (Å²) in [6.07, 6.45) is 7.15. The second-order valence-electron chi connectivity index (χ2n) is 7.99. The molecule has 1 saturated carbocycles. The molecule has 1 aliphatic rings. The third kappa shape index (κ3) is 3.33. The zero-order valence-corrected chi connectivity index (χ0v) is 15.8. The summed E-state index contributed by atoms with van der Waals surface area (Å²) < 4.78 is 1.72. The van der Waals surface area contributed by atoms with Crippen LogP contribution < -0.4 is 0 Å². The fourth-order valence-corrected chi connectivity index (χ4v) is 3.95. The fraction of sp³-hybridized carbons (Fsp3) is 0.304. The van der Waals surface area contributed by atoms with Gasteiger partial charge in [0.05, 0.1) is 6.54 Å². The molecule has 1 aromatic heterocycles. The maximum atomic E-state index is 11.6. The van der Waals surface area contributed by atoms with E-state index in [2.05, 4.69) is 78.5 Å². The lowest BCUT2D eigenvalue weighted by atomic mass is 9.76. The number of nitrogens with zero attached hydrogens (tertiary/aromatic N) is 3. The van der Waals surface area contributed by atoms with E-state index in [1.165, 1.54) is 17.5 Å². The lowest BCUT2D eigenvalue weighted by Crippen LogP contribution is -2.45. The van der Waals surface area contributed by atoms with Crippen LogP contribution in [0.25, 0.3) is 17.2 Å². The Morgan fingerprint density at radius 2 is 1.74 bits per heavy atom. The topological polar surface area (TPSA) is 50.9 Å². The van der Waals surface area contributed by atoms with E-state index in [1.807, 2.05) is 6.07 Å². The van der Waals surface area contributed by atoms with Gasteiger partial charge in [0.2, 0.25) is 0 Å². The molecule has 138 valence electrons. The monoisotopic (exact) mass is 359 g/mol. The van der Waals surface area contributed by atoms with Crippen molar-refractivity contribution in [3.05, 3.63) is 78.4 Å². The SMILES string of the molecule is CC1(C)CCC(=Cc2ccc(-c3ccccc3)cc2)C1(O)Cn1cncn1. The summed E-state index contributed by atoms with van der Waals surface area (Å²) >= 11 is 0. The van der Waals surface area contributed by atoms with Gasteiger partial charge in [-0.1, -0.05) is 74.5 Å². The van der Waals surface area contributed by atoms with Crippen molar-refractivity contribution in [3.8, 4) is 11.1 Å². The Morgan fingerprint density at radius 1 is 1.04 bits per heavy atom. The molecule has 0 saturated heterocycles. The molecule has 2 aromatic carbocycles. The predicted molar refractivity (Wildman–Crippen MR) is 108 cm³/mol. The Hall–Kier alpha value is -2.72. The highest BCUT2D eigenvalue weighted by molar-refractivity contribution is 5.66. The molecule has 4 heteroatoms. The summed E-state index contributed by atoms with van der Waals surface area (Å²) in [5, 5.41) is 15.8. The van der Waals surface area contributed by atoms with E-state index < -0.39 is 5.60 Å². The van der Waals surface area contributed by atoms with Crippen molar-refractivity contribution >= 4 is 6.08 Å². The van der Waals surface area contributed by atoms with Crippen LogP contribution in [-0.2, 0) is 6.54 Å². The summed E-state index contributed by atoms with van der Waals surface area (Å²) in [5.41, 5.74) is 3.44. The normalized spacial score (nSPS) is 23.0. The lowest BCUT2D eigenvalue weighted by Gasteiger charge is -2.37. The van der Waals surface area contributed by atoms with Crippen molar-refractivity contribution in [2.75, 3.05) is 0 Å². The van der Waals surface area contributed by atoms with E-state index in [0.717, 1.165) is 24.0 Å². The first kappa shape index (κ1) is 17.7. The van der Waals surface area contributed by atoms with Crippen LogP contribution in [0.2, 0.25) is 0 Å². The third-order valence-electron chi connectivity index (χ3n) is 5.89. The first-order valence-electron chi connectivity index (χ1n) is 9.39. The second kappa shape index (κ2) is 6.78. The Kier molecular flexibility index (Phi) is 4.44. The Bertz CT molecular complexity index is 928. The molecule has 1 heterocycles. The van der Waals surface area contributed by atoms with Gasteiger partial charge in [-0.05, 0) is 40.5 Å². The lowest BCUT2D eigenvalue weighted by molar-refractivity contribution is -0.0298. The highest BCUT2D eigenvalue weighted by atomic mass is 16.3. The number of aromatic nitrogens is 3. The Morgan fingerprint density at radius 3 is 2.41 bits per heavy atom. The van der Waals surface area contributed by atoms with Gasteiger partial charge >= 0.3 is 0 Å². The molecule has 4 rings (SSSR count). The zero-order valence-electron chi connectivity index (χ0n) is 15.8. The summed E-state index contributed by atoms with van der Waals surface area (Å²) in [6.45, 7) is 4.68. The molecule has 1 fully saturated rings. The van der Waals surface area contributed by atoms with Crippen LogP contribution in [0, 0.1) is 5.41 Å². The van der Waals surface area contributed by atoms with Crippen LogP contribution in [0.15, 0.2) is 72.8 Å². The number of hydrogen-bond acceptors (Lipinski definition) is 3. The molecule has 0 amide bonds. The Labute approximate surface area is 160 Å². The quantitative estimate of drug-likeness (QED) is 0.742. The van der Waals surface area contributed by atoms with Crippen molar-refractivity contribution in [2.24, 2.45) is 5.41 Å². The van der Waals surface area contributed by atoms with Gasteiger partial charge in [0.1, 0.15) is 18.3 Å². The average Bonchev–Trinajstić information content (AvgIpc) is 3.25. The zero-order chi connectivity index (χ0) is 18.9. The van der Waals surface area contributed by atoms with Crippen molar-refractivity contribution in [1.29, 1.82) is 0 Å². The third-order valence-corrected chi connectivity index (χ3v) is 5.89. The van der Waals surface area contributed by atoms with Gasteiger partial charge in [0.15, 0.2) is 0 Å². The molecule has 1 atom stereocenters. The molecule has 1 N–H and O–H groups in total. The molecule has 1 aliphatic carbocycles. The summed E-state index contributed by atoms with van der Waals surface area (Å²) in [4.78, 5) is 4.01. The summed E-state index contributed by atoms with van der Waals surface area (Å²) in [7, 11) is 0. The van der Waals surface area contributed by atoms with Crippen LogP contribution >= 0.6 is 0 Å².